The van der Waals surface area contributed by atoms with Crippen molar-refractivity contribution < 1.29 is 4.74 Å². The van der Waals surface area contributed by atoms with Crippen molar-refractivity contribution in [3.8, 4) is 0 Å². The van der Waals surface area contributed by atoms with Crippen LogP contribution >= 0.6 is 15.9 Å². The van der Waals surface area contributed by atoms with E-state index in [9.17, 15) is 4.79 Å². The zero-order valence-corrected chi connectivity index (χ0v) is 10.6. The Kier molecular flexibility index (Phi) is 4.15. The molecule has 0 N–H and O–H groups in total. The minimum atomic E-state index is 0.0523. The minimum absolute atomic E-state index is 0.0523. The van der Waals surface area contributed by atoms with E-state index < -0.39 is 0 Å². The van der Waals surface area contributed by atoms with Crippen molar-refractivity contribution in [3.05, 3.63) is 33.2 Å². The Morgan fingerprint density at radius 1 is 1.25 bits per heavy atom. The molecule has 5 heteroatoms. The average Bonchev–Trinajstić information content (AvgIpc) is 2.32. The fraction of sp³-hybridized carbons (Fsp3) is 0.545. The number of ether oxygens (including phenoxy) is 1. The van der Waals surface area contributed by atoms with Crippen LogP contribution in [0.4, 0.5) is 0 Å². The lowest BCUT2D eigenvalue weighted by Crippen LogP contribution is -2.39. The SMILES string of the molecule is O=c1ccc(Br)cn1CCN1CCOCC1. The van der Waals surface area contributed by atoms with Gasteiger partial charge < -0.3 is 9.30 Å². The van der Waals surface area contributed by atoms with Gasteiger partial charge in [-0.1, -0.05) is 0 Å². The van der Waals surface area contributed by atoms with Crippen LogP contribution in [0.15, 0.2) is 27.6 Å². The molecule has 0 amide bonds. The molecule has 1 aliphatic heterocycles. The number of halogens is 1. The zero-order chi connectivity index (χ0) is 11.4. The van der Waals surface area contributed by atoms with Crippen LogP contribution in [-0.4, -0.2) is 42.3 Å². The fourth-order valence-electron chi connectivity index (χ4n) is 1.75. The fourth-order valence-corrected chi connectivity index (χ4v) is 2.13. The molecule has 1 aromatic rings. The second-order valence-electron chi connectivity index (χ2n) is 3.83. The van der Waals surface area contributed by atoms with Crippen LogP contribution in [0.25, 0.3) is 0 Å². The summed E-state index contributed by atoms with van der Waals surface area (Å²) in [6.45, 7) is 5.16. The first-order valence-corrected chi connectivity index (χ1v) is 6.21. The predicted molar refractivity (Wildman–Crippen MR) is 65.7 cm³/mol. The zero-order valence-electron chi connectivity index (χ0n) is 9.06. The summed E-state index contributed by atoms with van der Waals surface area (Å²) in [5.74, 6) is 0. The van der Waals surface area contributed by atoms with Crippen molar-refractivity contribution in [2.24, 2.45) is 0 Å². The number of nitrogens with zero attached hydrogens (tertiary/aromatic N) is 2. The Labute approximate surface area is 103 Å². The van der Waals surface area contributed by atoms with Crippen LogP contribution in [0.3, 0.4) is 0 Å². The molecule has 0 saturated carbocycles. The van der Waals surface area contributed by atoms with Gasteiger partial charge in [-0.25, -0.2) is 0 Å². The standard InChI is InChI=1S/C11H15BrN2O2/c12-10-1-2-11(15)14(9-10)4-3-13-5-7-16-8-6-13/h1-2,9H,3-8H2. The van der Waals surface area contributed by atoms with Crippen molar-refractivity contribution in [1.29, 1.82) is 0 Å². The van der Waals surface area contributed by atoms with E-state index in [0.717, 1.165) is 43.9 Å². The second kappa shape index (κ2) is 5.61. The van der Waals surface area contributed by atoms with Gasteiger partial charge >= 0.3 is 0 Å². The van der Waals surface area contributed by atoms with Gasteiger partial charge in [-0.2, -0.15) is 0 Å². The molecule has 4 nitrogen and oxygen atoms in total. The molecule has 0 bridgehead atoms. The maximum absolute atomic E-state index is 11.5. The molecule has 2 rings (SSSR count). The predicted octanol–water partition coefficient (Wildman–Crippen LogP) is 0.943. The molecule has 0 radical (unpaired) electrons. The van der Waals surface area contributed by atoms with Crippen LogP contribution in [0.2, 0.25) is 0 Å². The van der Waals surface area contributed by atoms with Gasteiger partial charge in [0, 0.05) is 42.9 Å². The van der Waals surface area contributed by atoms with Gasteiger partial charge in [0.1, 0.15) is 0 Å². The number of hydrogen-bond acceptors (Lipinski definition) is 3. The molecule has 1 aliphatic rings. The van der Waals surface area contributed by atoms with E-state index >= 15 is 0 Å². The Morgan fingerprint density at radius 2 is 2.00 bits per heavy atom. The summed E-state index contributed by atoms with van der Waals surface area (Å²) >= 11 is 3.37. The lowest BCUT2D eigenvalue weighted by molar-refractivity contribution is 0.0363. The summed E-state index contributed by atoms with van der Waals surface area (Å²) < 4.78 is 7.95. The van der Waals surface area contributed by atoms with E-state index in [1.54, 1.807) is 16.7 Å². The Bertz CT molecular complexity index is 399. The molecule has 0 atom stereocenters. The monoisotopic (exact) mass is 286 g/mol. The maximum Gasteiger partial charge on any atom is 0.250 e. The van der Waals surface area contributed by atoms with Crippen LogP contribution < -0.4 is 5.56 Å². The molecular formula is C11H15BrN2O2. The quantitative estimate of drug-likeness (QED) is 0.830. The van der Waals surface area contributed by atoms with E-state index in [2.05, 4.69) is 20.8 Å². The first-order valence-electron chi connectivity index (χ1n) is 5.42. The van der Waals surface area contributed by atoms with Crippen molar-refractivity contribution in [2.45, 2.75) is 6.54 Å². The van der Waals surface area contributed by atoms with E-state index in [1.807, 2.05) is 6.20 Å². The molecule has 88 valence electrons. The highest BCUT2D eigenvalue weighted by molar-refractivity contribution is 9.10. The summed E-state index contributed by atoms with van der Waals surface area (Å²) in [6.07, 6.45) is 1.84. The molecule has 1 fully saturated rings. The summed E-state index contributed by atoms with van der Waals surface area (Å²) in [5.41, 5.74) is 0.0523. The van der Waals surface area contributed by atoms with E-state index in [1.165, 1.54) is 0 Å². The first-order chi connectivity index (χ1) is 7.75. The molecule has 1 aromatic heterocycles. The number of pyridine rings is 1. The normalized spacial score (nSPS) is 17.6. The number of rotatable bonds is 3. The Balaban J connectivity index is 1.93. The Morgan fingerprint density at radius 3 is 2.75 bits per heavy atom. The van der Waals surface area contributed by atoms with Crippen molar-refractivity contribution in [2.75, 3.05) is 32.8 Å². The molecular weight excluding hydrogens is 272 g/mol. The molecule has 0 unspecified atom stereocenters. The van der Waals surface area contributed by atoms with Crippen molar-refractivity contribution in [3.63, 3.8) is 0 Å². The molecule has 1 saturated heterocycles. The second-order valence-corrected chi connectivity index (χ2v) is 4.75. The van der Waals surface area contributed by atoms with Crippen LogP contribution in [-0.2, 0) is 11.3 Å². The number of morpholine rings is 1. The number of hydrogen-bond donors (Lipinski definition) is 0. The van der Waals surface area contributed by atoms with Crippen LogP contribution in [0, 0.1) is 0 Å². The van der Waals surface area contributed by atoms with Gasteiger partial charge in [0.25, 0.3) is 5.56 Å². The van der Waals surface area contributed by atoms with E-state index in [0.29, 0.717) is 0 Å². The third-order valence-corrected chi connectivity index (χ3v) is 3.18. The van der Waals surface area contributed by atoms with Gasteiger partial charge in [0.15, 0.2) is 0 Å². The van der Waals surface area contributed by atoms with E-state index in [-0.39, 0.29) is 5.56 Å². The first kappa shape index (κ1) is 11.8. The van der Waals surface area contributed by atoms with E-state index in [4.69, 9.17) is 4.74 Å². The lowest BCUT2D eigenvalue weighted by Gasteiger charge is -2.26. The Hall–Kier alpha value is -0.650. The highest BCUT2D eigenvalue weighted by Crippen LogP contribution is 2.05. The topological polar surface area (TPSA) is 34.5 Å². The molecule has 0 aliphatic carbocycles. The molecule has 0 spiro atoms. The molecule has 0 aromatic carbocycles. The lowest BCUT2D eigenvalue weighted by atomic mass is 10.4. The largest absolute Gasteiger partial charge is 0.379 e. The highest BCUT2D eigenvalue weighted by Gasteiger charge is 2.09. The van der Waals surface area contributed by atoms with Gasteiger partial charge in [-0.05, 0) is 22.0 Å². The van der Waals surface area contributed by atoms with Gasteiger partial charge in [0.2, 0.25) is 0 Å². The average molecular weight is 287 g/mol. The summed E-state index contributed by atoms with van der Waals surface area (Å²) in [4.78, 5) is 13.9. The minimum Gasteiger partial charge on any atom is -0.379 e. The van der Waals surface area contributed by atoms with Gasteiger partial charge in [-0.15, -0.1) is 0 Å². The summed E-state index contributed by atoms with van der Waals surface area (Å²) in [5, 5.41) is 0. The highest BCUT2D eigenvalue weighted by atomic mass is 79.9. The summed E-state index contributed by atoms with van der Waals surface area (Å²) in [7, 11) is 0. The van der Waals surface area contributed by atoms with Crippen LogP contribution in [0.5, 0.6) is 0 Å². The van der Waals surface area contributed by atoms with Gasteiger partial charge in [-0.3, -0.25) is 9.69 Å². The van der Waals surface area contributed by atoms with Crippen LogP contribution in [0.1, 0.15) is 0 Å². The van der Waals surface area contributed by atoms with Gasteiger partial charge in [0.05, 0.1) is 13.2 Å². The summed E-state index contributed by atoms with van der Waals surface area (Å²) in [6, 6.07) is 3.36. The van der Waals surface area contributed by atoms with Crippen molar-refractivity contribution in [1.82, 2.24) is 9.47 Å². The van der Waals surface area contributed by atoms with Crippen molar-refractivity contribution >= 4 is 15.9 Å². The third-order valence-electron chi connectivity index (χ3n) is 2.71. The number of aromatic nitrogens is 1. The maximum atomic E-state index is 11.5. The molecule has 2 heterocycles. The third kappa shape index (κ3) is 3.17. The smallest absolute Gasteiger partial charge is 0.250 e. The molecule has 16 heavy (non-hydrogen) atoms.